The standard InChI is InChI=1S/C24H18Cl2N2O2/c1-14-8-10-17(25)12-19(14)27-22-21(16-6-4-3-5-7-16)23(29)28(24(22)30)20-13-18(26)11-9-15(20)2/h3-13,27H,1-2H3. The van der Waals surface area contributed by atoms with E-state index >= 15 is 0 Å². The van der Waals surface area contributed by atoms with Crippen LogP contribution in [0.3, 0.4) is 0 Å². The minimum Gasteiger partial charge on any atom is -0.350 e. The van der Waals surface area contributed by atoms with E-state index in [-0.39, 0.29) is 5.70 Å². The van der Waals surface area contributed by atoms with Crippen LogP contribution in [-0.4, -0.2) is 11.8 Å². The minimum absolute atomic E-state index is 0.205. The molecule has 0 saturated heterocycles. The van der Waals surface area contributed by atoms with Gasteiger partial charge in [-0.15, -0.1) is 0 Å². The number of nitrogens with one attached hydrogen (secondary N) is 1. The topological polar surface area (TPSA) is 49.4 Å². The second-order valence-corrected chi connectivity index (χ2v) is 7.95. The largest absolute Gasteiger partial charge is 0.350 e. The zero-order valence-corrected chi connectivity index (χ0v) is 17.9. The van der Waals surface area contributed by atoms with E-state index < -0.39 is 11.8 Å². The molecule has 0 unspecified atom stereocenters. The van der Waals surface area contributed by atoms with Gasteiger partial charge in [0.1, 0.15) is 5.70 Å². The molecule has 0 bridgehead atoms. The number of hydrogen-bond acceptors (Lipinski definition) is 3. The predicted molar refractivity (Wildman–Crippen MR) is 122 cm³/mol. The summed E-state index contributed by atoms with van der Waals surface area (Å²) in [7, 11) is 0. The molecule has 0 spiro atoms. The molecule has 4 rings (SSSR count). The van der Waals surface area contributed by atoms with Crippen LogP contribution in [0.25, 0.3) is 5.57 Å². The molecule has 30 heavy (non-hydrogen) atoms. The number of carbonyl (C=O) groups excluding carboxylic acids is 2. The molecule has 0 aliphatic carbocycles. The van der Waals surface area contributed by atoms with Crippen LogP contribution in [-0.2, 0) is 9.59 Å². The van der Waals surface area contributed by atoms with Gasteiger partial charge in [-0.1, -0.05) is 65.7 Å². The summed E-state index contributed by atoms with van der Waals surface area (Å²) in [6.45, 7) is 3.74. The Labute approximate surface area is 184 Å². The number of halogens is 2. The van der Waals surface area contributed by atoms with Crippen molar-refractivity contribution in [1.82, 2.24) is 0 Å². The average Bonchev–Trinajstić information content (AvgIpc) is 2.97. The number of aryl methyl sites for hydroxylation is 2. The van der Waals surface area contributed by atoms with Crippen LogP contribution < -0.4 is 10.2 Å². The molecule has 2 amide bonds. The van der Waals surface area contributed by atoms with Crippen LogP contribution in [0.15, 0.2) is 72.4 Å². The first kappa shape index (κ1) is 20.2. The zero-order valence-electron chi connectivity index (χ0n) is 16.4. The maximum absolute atomic E-state index is 13.5. The Morgan fingerprint density at radius 1 is 0.767 bits per heavy atom. The molecule has 6 heteroatoms. The smallest absolute Gasteiger partial charge is 0.282 e. The van der Waals surface area contributed by atoms with Crippen molar-refractivity contribution >= 4 is 52.0 Å². The van der Waals surface area contributed by atoms with Gasteiger partial charge in [0.25, 0.3) is 11.8 Å². The van der Waals surface area contributed by atoms with E-state index in [1.54, 1.807) is 42.5 Å². The zero-order chi connectivity index (χ0) is 21.4. The van der Waals surface area contributed by atoms with E-state index in [4.69, 9.17) is 23.2 Å². The molecule has 0 fully saturated rings. The monoisotopic (exact) mass is 436 g/mol. The normalized spacial score (nSPS) is 13.9. The SMILES string of the molecule is Cc1ccc(Cl)cc1NC1=C(c2ccccc2)C(=O)N(c2cc(Cl)ccc2C)C1=O. The fraction of sp³-hybridized carbons (Fsp3) is 0.0833. The molecule has 4 nitrogen and oxygen atoms in total. The molecule has 0 radical (unpaired) electrons. The fourth-order valence-corrected chi connectivity index (χ4v) is 3.76. The van der Waals surface area contributed by atoms with Crippen molar-refractivity contribution in [1.29, 1.82) is 0 Å². The Hall–Kier alpha value is -3.08. The Morgan fingerprint density at radius 3 is 2.10 bits per heavy atom. The summed E-state index contributed by atoms with van der Waals surface area (Å²) in [5.74, 6) is -0.845. The third-order valence-electron chi connectivity index (χ3n) is 5.02. The number of nitrogens with zero attached hydrogens (tertiary/aromatic N) is 1. The van der Waals surface area contributed by atoms with Gasteiger partial charge in [-0.2, -0.15) is 0 Å². The quantitative estimate of drug-likeness (QED) is 0.509. The van der Waals surface area contributed by atoms with Crippen molar-refractivity contribution in [2.75, 3.05) is 10.2 Å². The second-order valence-electron chi connectivity index (χ2n) is 7.08. The summed E-state index contributed by atoms with van der Waals surface area (Å²) in [5, 5.41) is 4.14. The molecule has 0 atom stereocenters. The highest BCUT2D eigenvalue weighted by molar-refractivity contribution is 6.46. The average molecular weight is 437 g/mol. The summed E-state index contributed by atoms with van der Waals surface area (Å²) in [6, 6.07) is 19.6. The van der Waals surface area contributed by atoms with Gasteiger partial charge < -0.3 is 5.32 Å². The van der Waals surface area contributed by atoms with Crippen LogP contribution in [0.2, 0.25) is 10.0 Å². The highest BCUT2D eigenvalue weighted by Gasteiger charge is 2.41. The third kappa shape index (κ3) is 3.60. The molecule has 150 valence electrons. The number of anilines is 2. The number of rotatable bonds is 4. The second kappa shape index (κ2) is 7.98. The van der Waals surface area contributed by atoms with Crippen molar-refractivity contribution in [3.05, 3.63) is 99.2 Å². The summed E-state index contributed by atoms with van der Waals surface area (Å²) >= 11 is 12.3. The first-order chi connectivity index (χ1) is 14.4. The predicted octanol–water partition coefficient (Wildman–Crippen LogP) is 6.01. The highest BCUT2D eigenvalue weighted by Crippen LogP contribution is 2.36. The van der Waals surface area contributed by atoms with Gasteiger partial charge in [0.05, 0.1) is 11.3 Å². The molecule has 0 saturated carbocycles. The van der Waals surface area contributed by atoms with E-state index in [9.17, 15) is 9.59 Å². The Balaban J connectivity index is 1.87. The summed E-state index contributed by atoms with van der Waals surface area (Å²) in [6.07, 6.45) is 0. The van der Waals surface area contributed by atoms with E-state index in [0.717, 1.165) is 11.1 Å². The first-order valence-corrected chi connectivity index (χ1v) is 10.1. The lowest BCUT2D eigenvalue weighted by Gasteiger charge is -2.18. The van der Waals surface area contributed by atoms with E-state index in [1.807, 2.05) is 38.1 Å². The molecular formula is C24H18Cl2N2O2. The molecule has 1 N–H and O–H groups in total. The maximum atomic E-state index is 13.5. The lowest BCUT2D eigenvalue weighted by Crippen LogP contribution is -2.33. The molecule has 3 aromatic carbocycles. The van der Waals surface area contributed by atoms with Gasteiger partial charge in [0.2, 0.25) is 0 Å². The molecule has 1 aliphatic heterocycles. The van der Waals surface area contributed by atoms with Gasteiger partial charge in [-0.3, -0.25) is 9.59 Å². The van der Waals surface area contributed by atoms with E-state index in [2.05, 4.69) is 5.32 Å². The fourth-order valence-electron chi connectivity index (χ4n) is 3.42. The van der Waals surface area contributed by atoms with Gasteiger partial charge in [-0.05, 0) is 54.8 Å². The summed E-state index contributed by atoms with van der Waals surface area (Å²) in [5.41, 5.74) is 3.96. The Kier molecular flexibility index (Phi) is 5.37. The summed E-state index contributed by atoms with van der Waals surface area (Å²) < 4.78 is 0. The van der Waals surface area contributed by atoms with Crippen LogP contribution >= 0.6 is 23.2 Å². The van der Waals surface area contributed by atoms with Crippen molar-refractivity contribution in [2.45, 2.75) is 13.8 Å². The van der Waals surface area contributed by atoms with Crippen LogP contribution in [0.1, 0.15) is 16.7 Å². The van der Waals surface area contributed by atoms with Crippen molar-refractivity contribution in [3.63, 3.8) is 0 Å². The molecule has 1 aliphatic rings. The van der Waals surface area contributed by atoms with Crippen LogP contribution in [0.5, 0.6) is 0 Å². The van der Waals surface area contributed by atoms with E-state index in [1.165, 1.54) is 4.90 Å². The van der Waals surface area contributed by atoms with Gasteiger partial charge >= 0.3 is 0 Å². The molecule has 1 heterocycles. The van der Waals surface area contributed by atoms with Gasteiger partial charge in [0, 0.05) is 15.7 Å². The number of hydrogen-bond donors (Lipinski definition) is 1. The maximum Gasteiger partial charge on any atom is 0.282 e. The third-order valence-corrected chi connectivity index (χ3v) is 5.49. The number of amides is 2. The Bertz CT molecular complexity index is 1200. The molecule has 0 aromatic heterocycles. The van der Waals surface area contributed by atoms with Crippen LogP contribution in [0, 0.1) is 13.8 Å². The number of imide groups is 1. The van der Waals surface area contributed by atoms with E-state index in [0.29, 0.717) is 32.6 Å². The van der Waals surface area contributed by atoms with Crippen molar-refractivity contribution in [3.8, 4) is 0 Å². The lowest BCUT2D eigenvalue weighted by molar-refractivity contribution is -0.120. The lowest BCUT2D eigenvalue weighted by atomic mass is 10.0. The van der Waals surface area contributed by atoms with Crippen molar-refractivity contribution < 1.29 is 9.59 Å². The Morgan fingerprint density at radius 2 is 1.40 bits per heavy atom. The van der Waals surface area contributed by atoms with Gasteiger partial charge in [0.15, 0.2) is 0 Å². The number of carbonyl (C=O) groups is 2. The van der Waals surface area contributed by atoms with Crippen LogP contribution in [0.4, 0.5) is 11.4 Å². The first-order valence-electron chi connectivity index (χ1n) is 9.34. The number of benzene rings is 3. The molecular weight excluding hydrogens is 419 g/mol. The van der Waals surface area contributed by atoms with Crippen molar-refractivity contribution in [2.24, 2.45) is 0 Å². The van der Waals surface area contributed by atoms with Gasteiger partial charge in [-0.25, -0.2) is 4.90 Å². The summed E-state index contributed by atoms with van der Waals surface area (Å²) in [4.78, 5) is 28.1. The highest BCUT2D eigenvalue weighted by atomic mass is 35.5. The minimum atomic E-state index is -0.441. The molecule has 3 aromatic rings.